The molecule has 0 saturated heterocycles. The third-order valence-electron chi connectivity index (χ3n) is 1.82. The number of fused-ring (bicyclic) bond motifs is 1. The van der Waals surface area contributed by atoms with Crippen molar-refractivity contribution in [3.05, 3.63) is 42.1 Å². The molecule has 0 aliphatic carbocycles. The minimum atomic E-state index is -0.995. The lowest BCUT2D eigenvalue weighted by molar-refractivity contribution is 0.0691. The topological polar surface area (TPSA) is 74.0 Å². The Bertz CT molecular complexity index is 544. The Morgan fingerprint density at radius 3 is 2.56 bits per heavy atom. The molecule has 1 aromatic heterocycles. The second-order valence-electron chi connectivity index (χ2n) is 2.92. The van der Waals surface area contributed by atoms with Crippen LogP contribution in [-0.2, 0) is 0 Å². The first kappa shape index (κ1) is 11.7. The number of para-hydroxylation sites is 1. The number of hydrogen-bond acceptors (Lipinski definition) is 3. The molecule has 2 rings (SSSR count). The van der Waals surface area contributed by atoms with Crippen molar-refractivity contribution >= 4 is 16.9 Å². The third kappa shape index (κ3) is 2.79. The molecular formula is C12H10N2O2. The predicted octanol–water partition coefficient (Wildman–Crippen LogP) is 2.46. The second kappa shape index (κ2) is 5.47. The highest BCUT2D eigenvalue weighted by atomic mass is 16.4. The minimum Gasteiger partial charge on any atom is -0.477 e. The molecule has 0 amide bonds. The van der Waals surface area contributed by atoms with E-state index in [1.165, 1.54) is 13.0 Å². The first-order valence-electron chi connectivity index (χ1n) is 4.59. The second-order valence-corrected chi connectivity index (χ2v) is 2.92. The summed E-state index contributed by atoms with van der Waals surface area (Å²) in [6.45, 7) is 1.43. The lowest BCUT2D eigenvalue weighted by atomic mass is 10.2. The summed E-state index contributed by atoms with van der Waals surface area (Å²) >= 11 is 0. The number of aromatic nitrogens is 1. The van der Waals surface area contributed by atoms with Gasteiger partial charge in [0.25, 0.3) is 0 Å². The summed E-state index contributed by atoms with van der Waals surface area (Å²) < 4.78 is 0. The quantitative estimate of drug-likeness (QED) is 0.791. The van der Waals surface area contributed by atoms with Crippen LogP contribution in [0.15, 0.2) is 36.4 Å². The molecule has 4 nitrogen and oxygen atoms in total. The first-order chi connectivity index (χ1) is 7.69. The lowest BCUT2D eigenvalue weighted by Gasteiger charge is -1.97. The molecule has 4 heteroatoms. The zero-order valence-corrected chi connectivity index (χ0v) is 8.71. The molecule has 0 fully saturated rings. The summed E-state index contributed by atoms with van der Waals surface area (Å²) in [5.74, 6) is -0.995. The van der Waals surface area contributed by atoms with E-state index in [0.29, 0.717) is 5.52 Å². The van der Waals surface area contributed by atoms with E-state index in [9.17, 15) is 4.79 Å². The molecule has 0 spiro atoms. The maximum atomic E-state index is 10.6. The van der Waals surface area contributed by atoms with Gasteiger partial charge in [0.1, 0.15) is 5.69 Å². The fourth-order valence-electron chi connectivity index (χ4n) is 1.19. The molecule has 2 aromatic rings. The Labute approximate surface area is 92.8 Å². The van der Waals surface area contributed by atoms with Crippen LogP contribution in [0.3, 0.4) is 0 Å². The smallest absolute Gasteiger partial charge is 0.354 e. The summed E-state index contributed by atoms with van der Waals surface area (Å²) in [7, 11) is 0. The number of nitrogens with zero attached hydrogens (tertiary/aromatic N) is 2. The summed E-state index contributed by atoms with van der Waals surface area (Å²) in [5, 5.41) is 17.0. The van der Waals surface area contributed by atoms with Gasteiger partial charge in [-0.25, -0.2) is 9.78 Å². The van der Waals surface area contributed by atoms with Crippen LogP contribution in [-0.4, -0.2) is 16.1 Å². The summed E-state index contributed by atoms with van der Waals surface area (Å²) in [4.78, 5) is 14.6. The predicted molar refractivity (Wildman–Crippen MR) is 60.0 cm³/mol. The van der Waals surface area contributed by atoms with Crippen molar-refractivity contribution in [2.24, 2.45) is 0 Å². The molecule has 0 aliphatic rings. The average molecular weight is 214 g/mol. The zero-order chi connectivity index (χ0) is 12.0. The number of nitriles is 1. The molecule has 0 unspecified atom stereocenters. The van der Waals surface area contributed by atoms with Crippen LogP contribution in [0.1, 0.15) is 17.4 Å². The molecule has 0 aliphatic heterocycles. The van der Waals surface area contributed by atoms with Crippen molar-refractivity contribution in [3.63, 3.8) is 0 Å². The largest absolute Gasteiger partial charge is 0.477 e. The molecule has 1 aromatic carbocycles. The highest BCUT2D eigenvalue weighted by Gasteiger charge is 2.03. The van der Waals surface area contributed by atoms with Crippen LogP contribution in [0, 0.1) is 11.3 Å². The highest BCUT2D eigenvalue weighted by Crippen LogP contribution is 2.11. The Hall–Kier alpha value is -2.41. The molecule has 0 saturated carbocycles. The Balaban J connectivity index is 0.000000386. The molecule has 80 valence electrons. The van der Waals surface area contributed by atoms with E-state index in [1.54, 1.807) is 18.2 Å². The van der Waals surface area contributed by atoms with Crippen molar-refractivity contribution in [2.45, 2.75) is 6.92 Å². The number of hydrogen-bond donors (Lipinski definition) is 1. The van der Waals surface area contributed by atoms with Gasteiger partial charge in [-0.05, 0) is 12.1 Å². The number of pyridine rings is 1. The number of carboxylic acid groups (broad SMARTS) is 1. The first-order valence-corrected chi connectivity index (χ1v) is 4.59. The summed E-state index contributed by atoms with van der Waals surface area (Å²) in [5.41, 5.74) is 0.793. The monoisotopic (exact) mass is 214 g/mol. The van der Waals surface area contributed by atoms with E-state index in [2.05, 4.69) is 4.98 Å². The fraction of sp³-hybridized carbons (Fsp3) is 0.0833. The number of carbonyl (C=O) groups is 1. The number of rotatable bonds is 1. The van der Waals surface area contributed by atoms with Crippen molar-refractivity contribution in [1.82, 2.24) is 4.98 Å². The van der Waals surface area contributed by atoms with Crippen LogP contribution in [0.25, 0.3) is 10.9 Å². The highest BCUT2D eigenvalue weighted by molar-refractivity contribution is 5.89. The average Bonchev–Trinajstić information content (AvgIpc) is 2.29. The van der Waals surface area contributed by atoms with Gasteiger partial charge in [0, 0.05) is 12.3 Å². The Morgan fingerprint density at radius 1 is 1.31 bits per heavy atom. The van der Waals surface area contributed by atoms with Crippen LogP contribution in [0.2, 0.25) is 0 Å². The van der Waals surface area contributed by atoms with E-state index >= 15 is 0 Å². The van der Waals surface area contributed by atoms with Gasteiger partial charge in [-0.3, -0.25) is 0 Å². The van der Waals surface area contributed by atoms with E-state index in [1.807, 2.05) is 18.2 Å². The fourth-order valence-corrected chi connectivity index (χ4v) is 1.19. The maximum absolute atomic E-state index is 10.6. The van der Waals surface area contributed by atoms with Gasteiger partial charge >= 0.3 is 5.97 Å². The molecule has 1 heterocycles. The number of carboxylic acids is 1. The van der Waals surface area contributed by atoms with Gasteiger partial charge in [-0.1, -0.05) is 24.3 Å². The maximum Gasteiger partial charge on any atom is 0.354 e. The van der Waals surface area contributed by atoms with Gasteiger partial charge in [-0.2, -0.15) is 5.26 Å². The van der Waals surface area contributed by atoms with Crippen LogP contribution in [0.4, 0.5) is 0 Å². The minimum absolute atomic E-state index is 0.0821. The lowest BCUT2D eigenvalue weighted by Crippen LogP contribution is -1.99. The summed E-state index contributed by atoms with van der Waals surface area (Å²) in [6, 6.07) is 12.4. The Kier molecular flexibility index (Phi) is 3.98. The van der Waals surface area contributed by atoms with Gasteiger partial charge in [0.2, 0.25) is 0 Å². The van der Waals surface area contributed by atoms with Gasteiger partial charge in [0.15, 0.2) is 0 Å². The van der Waals surface area contributed by atoms with E-state index in [4.69, 9.17) is 10.4 Å². The Morgan fingerprint density at radius 2 is 1.94 bits per heavy atom. The SMILES string of the molecule is CC#N.O=C(O)c1ccc2ccccc2n1. The van der Waals surface area contributed by atoms with Crippen molar-refractivity contribution < 1.29 is 9.90 Å². The van der Waals surface area contributed by atoms with Crippen molar-refractivity contribution in [2.75, 3.05) is 0 Å². The van der Waals surface area contributed by atoms with E-state index < -0.39 is 5.97 Å². The third-order valence-corrected chi connectivity index (χ3v) is 1.82. The van der Waals surface area contributed by atoms with Gasteiger partial charge in [-0.15, -0.1) is 0 Å². The standard InChI is InChI=1S/C10H7NO2.C2H3N/c12-10(13)9-6-5-7-3-1-2-4-8(7)11-9;1-2-3/h1-6H,(H,12,13);1H3. The molecular weight excluding hydrogens is 204 g/mol. The van der Waals surface area contributed by atoms with Crippen LogP contribution in [0.5, 0.6) is 0 Å². The van der Waals surface area contributed by atoms with Crippen molar-refractivity contribution in [1.29, 1.82) is 5.26 Å². The van der Waals surface area contributed by atoms with Crippen LogP contribution >= 0.6 is 0 Å². The van der Waals surface area contributed by atoms with Crippen LogP contribution < -0.4 is 0 Å². The molecule has 0 atom stereocenters. The molecule has 1 N–H and O–H groups in total. The molecule has 0 bridgehead atoms. The van der Waals surface area contributed by atoms with Crippen molar-refractivity contribution in [3.8, 4) is 6.07 Å². The van der Waals surface area contributed by atoms with Gasteiger partial charge < -0.3 is 5.11 Å². The number of benzene rings is 1. The molecule has 0 radical (unpaired) electrons. The van der Waals surface area contributed by atoms with E-state index in [-0.39, 0.29) is 5.69 Å². The van der Waals surface area contributed by atoms with E-state index in [0.717, 1.165) is 5.39 Å². The number of aromatic carboxylic acids is 1. The molecule has 16 heavy (non-hydrogen) atoms. The zero-order valence-electron chi connectivity index (χ0n) is 8.71. The summed E-state index contributed by atoms with van der Waals surface area (Å²) in [6.07, 6.45) is 0. The van der Waals surface area contributed by atoms with Gasteiger partial charge in [0.05, 0.1) is 11.6 Å². The normalized spacial score (nSPS) is 8.75.